The van der Waals surface area contributed by atoms with Crippen molar-refractivity contribution in [3.05, 3.63) is 36.4 Å². The molecule has 1 heteroatoms. The Labute approximate surface area is 66.0 Å². The van der Waals surface area contributed by atoms with E-state index in [9.17, 15) is 0 Å². The first-order chi connectivity index (χ1) is 4.88. The minimum Gasteiger partial charge on any atom is -0.129 e. The van der Waals surface area contributed by atoms with E-state index in [0.29, 0.717) is 0 Å². The summed E-state index contributed by atoms with van der Waals surface area (Å²) in [6, 6.07) is 9.05. The van der Waals surface area contributed by atoms with E-state index in [4.69, 9.17) is 0 Å². The summed E-state index contributed by atoms with van der Waals surface area (Å²) in [6.45, 7) is 3.69. The Morgan fingerprint density at radius 2 is 2.50 bits per heavy atom. The van der Waals surface area contributed by atoms with Crippen LogP contribution >= 0.6 is 11.8 Å². The van der Waals surface area contributed by atoms with Crippen molar-refractivity contribution in [1.82, 2.24) is 0 Å². The molecule has 0 aromatic heterocycles. The molecule has 0 saturated carbocycles. The summed E-state index contributed by atoms with van der Waals surface area (Å²) >= 11 is 1.72. The van der Waals surface area contributed by atoms with E-state index < -0.39 is 0 Å². The van der Waals surface area contributed by atoms with Crippen LogP contribution in [-0.4, -0.2) is 6.26 Å². The summed E-state index contributed by atoms with van der Waals surface area (Å²) in [5.41, 5.74) is 1.09. The van der Waals surface area contributed by atoms with Gasteiger partial charge in [0, 0.05) is 4.90 Å². The van der Waals surface area contributed by atoms with Gasteiger partial charge in [-0.1, -0.05) is 24.8 Å². The van der Waals surface area contributed by atoms with E-state index >= 15 is 0 Å². The number of benzene rings is 1. The molecule has 0 bridgehead atoms. The zero-order valence-electron chi connectivity index (χ0n) is 5.92. The van der Waals surface area contributed by atoms with Crippen LogP contribution in [0.5, 0.6) is 0 Å². The van der Waals surface area contributed by atoms with E-state index in [1.54, 1.807) is 11.8 Å². The molecule has 0 fully saturated rings. The smallest absolute Gasteiger partial charge is 0.0148 e. The van der Waals surface area contributed by atoms with Gasteiger partial charge < -0.3 is 0 Å². The van der Waals surface area contributed by atoms with Gasteiger partial charge in [0.1, 0.15) is 0 Å². The molecule has 0 N–H and O–H groups in total. The topological polar surface area (TPSA) is 0 Å². The Morgan fingerprint density at radius 1 is 1.70 bits per heavy atom. The predicted molar refractivity (Wildman–Crippen MR) is 47.2 cm³/mol. The molecule has 0 unspecified atom stereocenters. The molecule has 1 radical (unpaired) electrons. The number of hydrogen-bond acceptors (Lipinski definition) is 1. The van der Waals surface area contributed by atoms with Crippen molar-refractivity contribution in [2.75, 3.05) is 6.26 Å². The van der Waals surface area contributed by atoms with Gasteiger partial charge in [-0.15, -0.1) is 11.8 Å². The molecular formula is C9H9S. The van der Waals surface area contributed by atoms with Crippen molar-refractivity contribution >= 4 is 17.8 Å². The normalized spacial score (nSPS) is 9.30. The Bertz CT molecular complexity index is 228. The van der Waals surface area contributed by atoms with Crippen molar-refractivity contribution < 1.29 is 0 Å². The largest absolute Gasteiger partial charge is 0.129 e. The minimum atomic E-state index is 1.09. The van der Waals surface area contributed by atoms with E-state index in [1.807, 2.05) is 18.2 Å². The van der Waals surface area contributed by atoms with Gasteiger partial charge in [0.2, 0.25) is 0 Å². The molecule has 0 aliphatic carbocycles. The maximum absolute atomic E-state index is 3.69. The summed E-state index contributed by atoms with van der Waals surface area (Å²) in [4.78, 5) is 1.23. The Kier molecular flexibility index (Phi) is 2.57. The molecule has 1 rings (SSSR count). The maximum Gasteiger partial charge on any atom is 0.0148 e. The van der Waals surface area contributed by atoms with Crippen LogP contribution in [0, 0.1) is 6.07 Å². The first-order valence-electron chi connectivity index (χ1n) is 3.05. The minimum absolute atomic E-state index is 1.09. The van der Waals surface area contributed by atoms with Crippen LogP contribution in [0.1, 0.15) is 5.56 Å². The van der Waals surface area contributed by atoms with E-state index in [2.05, 4.69) is 25.0 Å². The SMILES string of the molecule is C=Cc1[c]cccc1SC. The molecule has 0 nitrogen and oxygen atoms in total. The summed E-state index contributed by atoms with van der Waals surface area (Å²) in [5, 5.41) is 0. The zero-order valence-corrected chi connectivity index (χ0v) is 6.74. The second-order valence-corrected chi connectivity index (χ2v) is 2.70. The van der Waals surface area contributed by atoms with Gasteiger partial charge in [0.15, 0.2) is 0 Å². The highest BCUT2D eigenvalue weighted by atomic mass is 32.2. The fraction of sp³-hybridized carbons (Fsp3) is 0.111. The van der Waals surface area contributed by atoms with Gasteiger partial charge in [-0.2, -0.15) is 0 Å². The fourth-order valence-electron chi connectivity index (χ4n) is 0.772. The molecule has 0 amide bonds. The van der Waals surface area contributed by atoms with Crippen molar-refractivity contribution in [1.29, 1.82) is 0 Å². The van der Waals surface area contributed by atoms with Crippen LogP contribution < -0.4 is 0 Å². The highest BCUT2D eigenvalue weighted by Crippen LogP contribution is 2.19. The average molecular weight is 149 g/mol. The molecular weight excluding hydrogens is 140 g/mol. The highest BCUT2D eigenvalue weighted by molar-refractivity contribution is 7.98. The maximum atomic E-state index is 3.69. The van der Waals surface area contributed by atoms with Crippen LogP contribution in [-0.2, 0) is 0 Å². The van der Waals surface area contributed by atoms with Crippen LogP contribution in [0.2, 0.25) is 0 Å². The molecule has 0 heterocycles. The second kappa shape index (κ2) is 3.47. The van der Waals surface area contributed by atoms with Gasteiger partial charge in [-0.3, -0.25) is 0 Å². The van der Waals surface area contributed by atoms with Crippen LogP contribution in [0.15, 0.2) is 29.7 Å². The van der Waals surface area contributed by atoms with Gasteiger partial charge >= 0.3 is 0 Å². The van der Waals surface area contributed by atoms with Crippen molar-refractivity contribution in [3.8, 4) is 0 Å². The average Bonchev–Trinajstić information content (AvgIpc) is 2.04. The van der Waals surface area contributed by atoms with Crippen molar-refractivity contribution in [2.45, 2.75) is 4.90 Å². The van der Waals surface area contributed by atoms with Gasteiger partial charge in [-0.25, -0.2) is 0 Å². The number of thioether (sulfide) groups is 1. The number of rotatable bonds is 2. The monoisotopic (exact) mass is 149 g/mol. The highest BCUT2D eigenvalue weighted by Gasteiger charge is 1.93. The van der Waals surface area contributed by atoms with E-state index in [-0.39, 0.29) is 0 Å². The molecule has 51 valence electrons. The third-order valence-corrected chi connectivity index (χ3v) is 2.07. The van der Waals surface area contributed by atoms with Gasteiger partial charge in [0.05, 0.1) is 0 Å². The predicted octanol–water partition coefficient (Wildman–Crippen LogP) is 2.85. The molecule has 0 spiro atoms. The first kappa shape index (κ1) is 7.42. The molecule has 0 saturated heterocycles. The van der Waals surface area contributed by atoms with E-state index in [1.165, 1.54) is 4.90 Å². The van der Waals surface area contributed by atoms with Crippen molar-refractivity contribution in [3.63, 3.8) is 0 Å². The van der Waals surface area contributed by atoms with E-state index in [0.717, 1.165) is 5.56 Å². The fourth-order valence-corrected chi connectivity index (χ4v) is 1.35. The van der Waals surface area contributed by atoms with Gasteiger partial charge in [-0.05, 0) is 24.0 Å². The van der Waals surface area contributed by atoms with Crippen LogP contribution in [0.3, 0.4) is 0 Å². The van der Waals surface area contributed by atoms with Crippen molar-refractivity contribution in [2.24, 2.45) is 0 Å². The van der Waals surface area contributed by atoms with Crippen LogP contribution in [0.25, 0.3) is 6.08 Å². The van der Waals surface area contributed by atoms with Crippen LogP contribution in [0.4, 0.5) is 0 Å². The summed E-state index contributed by atoms with van der Waals surface area (Å²) in [6.07, 6.45) is 3.88. The molecule has 0 aliphatic rings. The third-order valence-electron chi connectivity index (χ3n) is 1.27. The Hall–Kier alpha value is -0.690. The lowest BCUT2D eigenvalue weighted by Gasteiger charge is -1.98. The molecule has 0 atom stereocenters. The molecule has 10 heavy (non-hydrogen) atoms. The van der Waals surface area contributed by atoms with Gasteiger partial charge in [0.25, 0.3) is 0 Å². The standard InChI is InChI=1S/C9H9S/c1-3-8-6-4-5-7-9(8)10-2/h3-5,7H,1H2,2H3. The lowest BCUT2D eigenvalue weighted by atomic mass is 10.2. The first-order valence-corrected chi connectivity index (χ1v) is 4.28. The summed E-state index contributed by atoms with van der Waals surface area (Å²) < 4.78 is 0. The lowest BCUT2D eigenvalue weighted by molar-refractivity contribution is 1.42. The Balaban J connectivity index is 3.08. The number of hydrogen-bond donors (Lipinski definition) is 0. The lowest BCUT2D eigenvalue weighted by Crippen LogP contribution is -1.75. The molecule has 1 aromatic rings. The zero-order chi connectivity index (χ0) is 7.40. The molecule has 0 aliphatic heterocycles. The Morgan fingerprint density at radius 3 is 3.00 bits per heavy atom. The third kappa shape index (κ3) is 1.42. The second-order valence-electron chi connectivity index (χ2n) is 1.86. The quantitative estimate of drug-likeness (QED) is 0.583. The summed E-state index contributed by atoms with van der Waals surface area (Å²) in [5.74, 6) is 0. The summed E-state index contributed by atoms with van der Waals surface area (Å²) in [7, 11) is 0. The molecule has 1 aromatic carbocycles.